The second-order valence-electron chi connectivity index (χ2n) is 5.49. The summed E-state index contributed by atoms with van der Waals surface area (Å²) in [5, 5.41) is 11.2. The number of Topliss-reactive ketones (excluding diaryl/α,β-unsaturated/α-hetero) is 1. The van der Waals surface area contributed by atoms with Crippen molar-refractivity contribution in [2.45, 2.75) is 12.8 Å². The van der Waals surface area contributed by atoms with E-state index in [1.165, 1.54) is 0 Å². The van der Waals surface area contributed by atoms with E-state index in [0.29, 0.717) is 11.1 Å². The maximum Gasteiger partial charge on any atom is 0.317 e. The van der Waals surface area contributed by atoms with E-state index in [1.54, 1.807) is 67.6 Å². The van der Waals surface area contributed by atoms with Gasteiger partial charge < -0.3 is 4.74 Å². The highest BCUT2D eigenvalue weighted by Gasteiger charge is 2.40. The molecule has 0 bridgehead atoms. The molecular weight excluding hydrogens is 322 g/mol. The van der Waals surface area contributed by atoms with Crippen LogP contribution in [-0.4, -0.2) is 29.8 Å². The van der Waals surface area contributed by atoms with Gasteiger partial charge in [-0.15, -0.1) is 0 Å². The topological polar surface area (TPSA) is 86.5 Å². The van der Waals surface area contributed by atoms with Gasteiger partial charge >= 0.3 is 5.97 Å². The summed E-state index contributed by atoms with van der Waals surface area (Å²) in [6.07, 6.45) is 0. The van der Waals surface area contributed by atoms with E-state index in [4.69, 9.17) is 4.74 Å². The Labute approximate surface area is 145 Å². The third-order valence-corrected chi connectivity index (χ3v) is 3.86. The summed E-state index contributed by atoms with van der Waals surface area (Å²) in [6.45, 7) is 1.19. The molecule has 25 heavy (non-hydrogen) atoms. The van der Waals surface area contributed by atoms with Gasteiger partial charge in [0.15, 0.2) is 5.78 Å². The van der Waals surface area contributed by atoms with Crippen molar-refractivity contribution >= 4 is 11.8 Å². The minimum atomic E-state index is -1.27. The van der Waals surface area contributed by atoms with E-state index < -0.39 is 35.1 Å². The van der Waals surface area contributed by atoms with Crippen LogP contribution in [0.5, 0.6) is 0 Å². The molecule has 0 saturated heterocycles. The third-order valence-electron chi connectivity index (χ3n) is 3.86. The molecular formula is C19H19NO5. The number of hydrogen-bond acceptors (Lipinski definition) is 5. The van der Waals surface area contributed by atoms with Crippen LogP contribution in [0.15, 0.2) is 60.7 Å². The molecule has 2 atom stereocenters. The monoisotopic (exact) mass is 341 g/mol. The van der Waals surface area contributed by atoms with Gasteiger partial charge in [0.2, 0.25) is 6.54 Å². The van der Waals surface area contributed by atoms with Crippen LogP contribution >= 0.6 is 0 Å². The molecule has 0 fully saturated rings. The van der Waals surface area contributed by atoms with Gasteiger partial charge in [0, 0.05) is 10.5 Å². The summed E-state index contributed by atoms with van der Waals surface area (Å²) in [5.74, 6) is -3.39. The number of carbonyl (C=O) groups is 2. The molecule has 0 amide bonds. The van der Waals surface area contributed by atoms with E-state index in [0.717, 1.165) is 0 Å². The van der Waals surface area contributed by atoms with Crippen molar-refractivity contribution in [3.05, 3.63) is 81.9 Å². The molecule has 0 N–H and O–H groups in total. The first-order chi connectivity index (χ1) is 12.0. The van der Waals surface area contributed by atoms with Crippen molar-refractivity contribution in [1.29, 1.82) is 0 Å². The molecule has 0 saturated carbocycles. The van der Waals surface area contributed by atoms with Gasteiger partial charge in [0.05, 0.1) is 12.5 Å². The fourth-order valence-corrected chi connectivity index (χ4v) is 2.73. The van der Waals surface area contributed by atoms with Crippen molar-refractivity contribution < 1.29 is 19.2 Å². The highest BCUT2D eigenvalue weighted by molar-refractivity contribution is 6.09. The van der Waals surface area contributed by atoms with Crippen LogP contribution in [0.1, 0.15) is 28.8 Å². The molecule has 2 aromatic carbocycles. The Kier molecular flexibility index (Phi) is 6.39. The van der Waals surface area contributed by atoms with Crippen molar-refractivity contribution in [2.24, 2.45) is 5.92 Å². The van der Waals surface area contributed by atoms with Crippen LogP contribution in [0.4, 0.5) is 0 Å². The summed E-state index contributed by atoms with van der Waals surface area (Å²) in [6, 6.07) is 16.9. The molecule has 6 nitrogen and oxygen atoms in total. The molecule has 130 valence electrons. The lowest BCUT2D eigenvalue weighted by Gasteiger charge is -2.22. The van der Waals surface area contributed by atoms with Gasteiger partial charge in [0.1, 0.15) is 5.92 Å². The number of benzene rings is 2. The van der Waals surface area contributed by atoms with Crippen molar-refractivity contribution in [1.82, 2.24) is 0 Å². The number of rotatable bonds is 8. The maximum atomic E-state index is 12.9. The first kappa shape index (κ1) is 18.3. The molecule has 2 rings (SSSR count). The van der Waals surface area contributed by atoms with Gasteiger partial charge in [-0.1, -0.05) is 60.7 Å². The first-order valence-corrected chi connectivity index (χ1v) is 7.97. The van der Waals surface area contributed by atoms with Crippen molar-refractivity contribution in [3.63, 3.8) is 0 Å². The number of carbonyl (C=O) groups excluding carboxylic acids is 2. The minimum Gasteiger partial charge on any atom is -0.465 e. The Bertz CT molecular complexity index is 730. The van der Waals surface area contributed by atoms with Gasteiger partial charge in [0.25, 0.3) is 0 Å². The molecule has 2 aromatic rings. The van der Waals surface area contributed by atoms with E-state index >= 15 is 0 Å². The van der Waals surface area contributed by atoms with Gasteiger partial charge in [-0.3, -0.25) is 19.7 Å². The molecule has 0 aromatic heterocycles. The standard InChI is InChI=1S/C19H19NO5/c1-2-25-19(22)17(18(21)15-11-7-4-8-12-15)16(13-20(23)24)14-9-5-3-6-10-14/h3-12,16-17H,2,13H2,1H3/t16-,17?/m1/s1. The zero-order valence-corrected chi connectivity index (χ0v) is 13.8. The third kappa shape index (κ3) is 4.73. The Morgan fingerprint density at radius 1 is 1.04 bits per heavy atom. The summed E-state index contributed by atoms with van der Waals surface area (Å²) >= 11 is 0. The molecule has 0 aliphatic rings. The van der Waals surface area contributed by atoms with E-state index in [9.17, 15) is 19.7 Å². The lowest BCUT2D eigenvalue weighted by Crippen LogP contribution is -2.35. The fraction of sp³-hybridized carbons (Fsp3) is 0.263. The summed E-state index contributed by atoms with van der Waals surface area (Å²) < 4.78 is 5.05. The molecule has 0 heterocycles. The normalized spacial score (nSPS) is 12.8. The first-order valence-electron chi connectivity index (χ1n) is 7.97. The predicted octanol–water partition coefficient (Wildman–Crippen LogP) is 3.11. The number of hydrogen-bond donors (Lipinski definition) is 0. The van der Waals surface area contributed by atoms with Crippen LogP contribution in [0.3, 0.4) is 0 Å². The van der Waals surface area contributed by atoms with Gasteiger partial charge in [-0.25, -0.2) is 0 Å². The van der Waals surface area contributed by atoms with E-state index in [-0.39, 0.29) is 6.61 Å². The summed E-state index contributed by atoms with van der Waals surface area (Å²) in [4.78, 5) is 36.1. The lowest BCUT2D eigenvalue weighted by molar-refractivity contribution is -0.484. The maximum absolute atomic E-state index is 12.9. The zero-order chi connectivity index (χ0) is 18.2. The molecule has 0 aliphatic carbocycles. The highest BCUT2D eigenvalue weighted by Crippen LogP contribution is 2.29. The highest BCUT2D eigenvalue weighted by atomic mass is 16.6. The second kappa shape index (κ2) is 8.73. The molecule has 6 heteroatoms. The summed E-state index contributed by atoms with van der Waals surface area (Å²) in [7, 11) is 0. The van der Waals surface area contributed by atoms with Crippen molar-refractivity contribution in [2.75, 3.05) is 13.2 Å². The molecule has 0 spiro atoms. The number of esters is 1. The number of ether oxygens (including phenoxy) is 1. The van der Waals surface area contributed by atoms with Crippen LogP contribution in [0.25, 0.3) is 0 Å². The largest absolute Gasteiger partial charge is 0.465 e. The van der Waals surface area contributed by atoms with Crippen LogP contribution in [0, 0.1) is 16.0 Å². The summed E-state index contributed by atoms with van der Waals surface area (Å²) in [5.41, 5.74) is 0.881. The Morgan fingerprint density at radius 3 is 2.12 bits per heavy atom. The Balaban J connectivity index is 2.48. The van der Waals surface area contributed by atoms with Crippen LogP contribution in [0.2, 0.25) is 0 Å². The number of nitro groups is 1. The lowest BCUT2D eigenvalue weighted by atomic mass is 9.81. The van der Waals surface area contributed by atoms with Crippen LogP contribution in [-0.2, 0) is 9.53 Å². The van der Waals surface area contributed by atoms with E-state index in [1.807, 2.05) is 0 Å². The van der Waals surface area contributed by atoms with Crippen molar-refractivity contribution in [3.8, 4) is 0 Å². The average molecular weight is 341 g/mol. The molecule has 0 aliphatic heterocycles. The number of ketones is 1. The molecule has 0 radical (unpaired) electrons. The fourth-order valence-electron chi connectivity index (χ4n) is 2.73. The van der Waals surface area contributed by atoms with E-state index in [2.05, 4.69) is 0 Å². The Morgan fingerprint density at radius 2 is 1.60 bits per heavy atom. The minimum absolute atomic E-state index is 0.0946. The SMILES string of the molecule is CCOC(=O)C(C(=O)c1ccccc1)[C@H](C[N+](=O)[O-])c1ccccc1. The Hall–Kier alpha value is -3.02. The quantitative estimate of drug-likeness (QED) is 0.242. The second-order valence-corrected chi connectivity index (χ2v) is 5.49. The molecule has 1 unspecified atom stereocenters. The van der Waals surface area contributed by atoms with Gasteiger partial charge in [-0.2, -0.15) is 0 Å². The number of nitrogens with zero attached hydrogens (tertiary/aromatic N) is 1. The average Bonchev–Trinajstić information content (AvgIpc) is 2.62. The smallest absolute Gasteiger partial charge is 0.317 e. The predicted molar refractivity (Wildman–Crippen MR) is 91.9 cm³/mol. The zero-order valence-electron chi connectivity index (χ0n) is 13.8. The van der Waals surface area contributed by atoms with Gasteiger partial charge in [-0.05, 0) is 12.5 Å². The van der Waals surface area contributed by atoms with Crippen LogP contribution < -0.4 is 0 Å².